The molecule has 20 heavy (non-hydrogen) atoms. The largest absolute Gasteiger partial charge is 0.387 e. The molecule has 0 aliphatic carbocycles. The number of nitrogen functional groups attached to an aromatic ring is 1. The van der Waals surface area contributed by atoms with Crippen molar-refractivity contribution >= 4 is 18.0 Å². The molecule has 1 aliphatic rings. The van der Waals surface area contributed by atoms with E-state index in [1.165, 1.54) is 14.0 Å². The van der Waals surface area contributed by atoms with Gasteiger partial charge in [-0.1, -0.05) is 0 Å². The third-order valence-electron chi connectivity index (χ3n) is 3.23. The fraction of sp³-hybridized carbons (Fsp3) is 0.636. The third-order valence-corrected chi connectivity index (χ3v) is 3.53. The molecule has 0 saturated carbocycles. The summed E-state index contributed by atoms with van der Waals surface area (Å²) in [4.78, 5) is 3.59. The SMILES string of the molecule is COCC1(C)OC(n2cc(F)c(N)nc2=S)C(F)C1O. The molecule has 0 spiro atoms. The topological polar surface area (TPSA) is 82.5 Å². The first-order valence-corrected chi connectivity index (χ1v) is 6.24. The smallest absolute Gasteiger partial charge is 0.203 e. The van der Waals surface area contributed by atoms with Gasteiger partial charge in [-0.3, -0.25) is 4.57 Å². The first-order chi connectivity index (χ1) is 9.30. The Morgan fingerprint density at radius 2 is 2.35 bits per heavy atom. The Balaban J connectivity index is 2.40. The van der Waals surface area contributed by atoms with Crippen molar-refractivity contribution in [3.63, 3.8) is 0 Å². The Labute approximate surface area is 119 Å². The van der Waals surface area contributed by atoms with Gasteiger partial charge in [-0.05, 0) is 19.1 Å². The zero-order valence-electron chi connectivity index (χ0n) is 10.9. The van der Waals surface area contributed by atoms with Crippen LogP contribution < -0.4 is 5.73 Å². The fourth-order valence-corrected chi connectivity index (χ4v) is 2.41. The zero-order valence-corrected chi connectivity index (χ0v) is 11.7. The summed E-state index contributed by atoms with van der Waals surface area (Å²) in [7, 11) is 1.40. The highest BCUT2D eigenvalue weighted by molar-refractivity contribution is 7.71. The van der Waals surface area contributed by atoms with E-state index in [0.717, 1.165) is 10.8 Å². The molecule has 1 aromatic rings. The summed E-state index contributed by atoms with van der Waals surface area (Å²) in [5.74, 6) is -1.22. The lowest BCUT2D eigenvalue weighted by Gasteiger charge is -2.26. The summed E-state index contributed by atoms with van der Waals surface area (Å²) >= 11 is 4.91. The number of halogens is 2. The predicted molar refractivity (Wildman–Crippen MR) is 68.7 cm³/mol. The number of nitrogens with zero attached hydrogens (tertiary/aromatic N) is 2. The number of alkyl halides is 1. The van der Waals surface area contributed by atoms with Crippen LogP contribution in [0.15, 0.2) is 6.20 Å². The highest BCUT2D eigenvalue weighted by Gasteiger charge is 2.53. The van der Waals surface area contributed by atoms with E-state index in [4.69, 9.17) is 27.4 Å². The maximum absolute atomic E-state index is 14.2. The van der Waals surface area contributed by atoms with Crippen LogP contribution in [0.3, 0.4) is 0 Å². The number of hydrogen-bond acceptors (Lipinski definition) is 6. The first-order valence-electron chi connectivity index (χ1n) is 5.83. The molecule has 2 heterocycles. The summed E-state index contributed by atoms with van der Waals surface area (Å²) < 4.78 is 38.9. The Hall–Kier alpha value is -1.16. The third kappa shape index (κ3) is 2.41. The second-order valence-electron chi connectivity index (χ2n) is 4.81. The van der Waals surface area contributed by atoms with Gasteiger partial charge in [0.25, 0.3) is 0 Å². The van der Waals surface area contributed by atoms with E-state index in [2.05, 4.69) is 4.98 Å². The van der Waals surface area contributed by atoms with Crippen LogP contribution in [0.1, 0.15) is 13.2 Å². The number of anilines is 1. The van der Waals surface area contributed by atoms with E-state index in [1.54, 1.807) is 0 Å². The van der Waals surface area contributed by atoms with E-state index in [9.17, 15) is 13.9 Å². The van der Waals surface area contributed by atoms with Crippen molar-refractivity contribution in [2.75, 3.05) is 19.5 Å². The average Bonchev–Trinajstić information content (AvgIpc) is 2.59. The lowest BCUT2D eigenvalue weighted by molar-refractivity contribution is -0.123. The number of aliphatic hydroxyl groups excluding tert-OH is 1. The molecule has 4 atom stereocenters. The summed E-state index contributed by atoms with van der Waals surface area (Å²) in [5, 5.41) is 9.93. The number of aliphatic hydroxyl groups is 1. The quantitative estimate of drug-likeness (QED) is 0.810. The molecule has 6 nitrogen and oxygen atoms in total. The molecule has 1 saturated heterocycles. The highest BCUT2D eigenvalue weighted by Crippen LogP contribution is 2.39. The highest BCUT2D eigenvalue weighted by atomic mass is 32.1. The van der Waals surface area contributed by atoms with E-state index in [1.807, 2.05) is 0 Å². The minimum atomic E-state index is -1.80. The van der Waals surface area contributed by atoms with Crippen molar-refractivity contribution < 1.29 is 23.4 Å². The normalized spacial score (nSPS) is 33.5. The van der Waals surface area contributed by atoms with Gasteiger partial charge in [0.15, 0.2) is 24.0 Å². The molecule has 2 rings (SSSR count). The Bertz CT molecular complexity index is 570. The Morgan fingerprint density at radius 1 is 1.70 bits per heavy atom. The summed E-state index contributed by atoms with van der Waals surface area (Å²) in [6.07, 6.45) is -3.62. The van der Waals surface area contributed by atoms with Gasteiger partial charge in [0.1, 0.15) is 11.7 Å². The Kier molecular flexibility index (Phi) is 4.05. The standard InChI is InChI=1S/C11H15F2N3O3S/c1-11(4-18-2)7(17)6(13)9(19-11)16-3-5(12)8(14)15-10(16)20/h3,6-7,9,17H,4H2,1-2H3,(H2,14,15,20). The molecule has 1 aromatic heterocycles. The second kappa shape index (κ2) is 5.32. The van der Waals surface area contributed by atoms with E-state index in [-0.39, 0.29) is 17.2 Å². The minimum absolute atomic E-state index is 0.0245. The van der Waals surface area contributed by atoms with Crippen molar-refractivity contribution in [1.82, 2.24) is 9.55 Å². The monoisotopic (exact) mass is 307 g/mol. The number of hydrogen-bond donors (Lipinski definition) is 2. The summed E-state index contributed by atoms with van der Waals surface area (Å²) in [6.45, 7) is 1.47. The molecule has 4 unspecified atom stereocenters. The van der Waals surface area contributed by atoms with Gasteiger partial charge >= 0.3 is 0 Å². The van der Waals surface area contributed by atoms with Crippen molar-refractivity contribution in [2.45, 2.75) is 31.0 Å². The van der Waals surface area contributed by atoms with Gasteiger partial charge in [0, 0.05) is 13.3 Å². The van der Waals surface area contributed by atoms with Crippen molar-refractivity contribution in [3.05, 3.63) is 16.8 Å². The van der Waals surface area contributed by atoms with Crippen LogP contribution >= 0.6 is 12.2 Å². The van der Waals surface area contributed by atoms with Gasteiger partial charge in [-0.25, -0.2) is 8.78 Å². The molecule has 1 aliphatic heterocycles. The van der Waals surface area contributed by atoms with Crippen LogP contribution in [-0.2, 0) is 9.47 Å². The zero-order chi connectivity index (χ0) is 15.1. The van der Waals surface area contributed by atoms with E-state index < -0.39 is 29.9 Å². The molecule has 0 bridgehead atoms. The molecule has 9 heteroatoms. The van der Waals surface area contributed by atoms with Crippen LogP contribution in [0.2, 0.25) is 0 Å². The van der Waals surface area contributed by atoms with Crippen molar-refractivity contribution in [2.24, 2.45) is 0 Å². The molecule has 112 valence electrons. The Morgan fingerprint density at radius 3 is 2.95 bits per heavy atom. The first kappa shape index (κ1) is 15.2. The van der Waals surface area contributed by atoms with Crippen LogP contribution in [0.5, 0.6) is 0 Å². The van der Waals surface area contributed by atoms with Gasteiger partial charge in [-0.2, -0.15) is 4.98 Å². The fourth-order valence-electron chi connectivity index (χ4n) is 2.16. The molecule has 0 amide bonds. The average molecular weight is 307 g/mol. The van der Waals surface area contributed by atoms with Gasteiger partial charge in [-0.15, -0.1) is 0 Å². The van der Waals surface area contributed by atoms with Crippen LogP contribution in [-0.4, -0.2) is 46.3 Å². The van der Waals surface area contributed by atoms with Gasteiger partial charge in [0.2, 0.25) is 4.77 Å². The van der Waals surface area contributed by atoms with Crippen LogP contribution in [0.4, 0.5) is 14.6 Å². The van der Waals surface area contributed by atoms with Crippen LogP contribution in [0, 0.1) is 10.6 Å². The summed E-state index contributed by atoms with van der Waals surface area (Å²) in [5.41, 5.74) is 4.02. The minimum Gasteiger partial charge on any atom is -0.387 e. The van der Waals surface area contributed by atoms with Crippen molar-refractivity contribution in [3.8, 4) is 0 Å². The van der Waals surface area contributed by atoms with Gasteiger partial charge < -0.3 is 20.3 Å². The maximum Gasteiger partial charge on any atom is 0.203 e. The van der Waals surface area contributed by atoms with Crippen molar-refractivity contribution in [1.29, 1.82) is 0 Å². The number of methoxy groups -OCH3 is 1. The number of rotatable bonds is 3. The molecule has 1 fully saturated rings. The molecule has 0 aromatic carbocycles. The number of ether oxygens (including phenoxy) is 2. The summed E-state index contributed by atoms with van der Waals surface area (Å²) in [6, 6.07) is 0. The van der Waals surface area contributed by atoms with Gasteiger partial charge in [0.05, 0.1) is 6.61 Å². The molecular weight excluding hydrogens is 292 g/mol. The second-order valence-corrected chi connectivity index (χ2v) is 5.17. The van der Waals surface area contributed by atoms with E-state index >= 15 is 0 Å². The maximum atomic E-state index is 14.2. The van der Waals surface area contributed by atoms with Crippen LogP contribution in [0.25, 0.3) is 0 Å². The van der Waals surface area contributed by atoms with E-state index in [0.29, 0.717) is 0 Å². The molecular formula is C11H15F2N3O3S. The lowest BCUT2D eigenvalue weighted by atomic mass is 9.99. The molecule has 0 radical (unpaired) electrons. The number of nitrogens with two attached hydrogens (primary N) is 1. The lowest BCUT2D eigenvalue weighted by Crippen LogP contribution is -2.43. The number of aromatic nitrogens is 2. The molecule has 3 N–H and O–H groups in total. The predicted octanol–water partition coefficient (Wildman–Crippen LogP) is 0.967.